The smallest absolute Gasteiger partial charge is 0.0594 e. The standard InChI is InChI=1S/C10H15BrN2OS/c11-9-6-15-5-8(9)10(13-12)4-7-2-1-3-14-7/h5-7,10,13H,1-4,12H2. The molecular weight excluding hydrogens is 276 g/mol. The zero-order valence-electron chi connectivity index (χ0n) is 8.41. The Hall–Kier alpha value is 0.0600. The van der Waals surface area contributed by atoms with Crippen LogP contribution in [0, 0.1) is 0 Å². The number of hydrogen-bond acceptors (Lipinski definition) is 4. The topological polar surface area (TPSA) is 47.3 Å². The van der Waals surface area contributed by atoms with Gasteiger partial charge < -0.3 is 4.74 Å². The van der Waals surface area contributed by atoms with Crippen molar-refractivity contribution >= 4 is 27.3 Å². The molecule has 1 aliphatic heterocycles. The summed E-state index contributed by atoms with van der Waals surface area (Å²) in [6, 6.07) is 0.189. The van der Waals surface area contributed by atoms with Gasteiger partial charge in [0.15, 0.2) is 0 Å². The molecule has 3 N–H and O–H groups in total. The second kappa shape index (κ2) is 5.41. The van der Waals surface area contributed by atoms with Crippen molar-refractivity contribution in [1.29, 1.82) is 0 Å². The van der Waals surface area contributed by atoms with Gasteiger partial charge in [0.25, 0.3) is 0 Å². The first-order chi connectivity index (χ1) is 7.31. The third-order valence-corrected chi connectivity index (χ3v) is 4.49. The summed E-state index contributed by atoms with van der Waals surface area (Å²) in [5.74, 6) is 5.59. The van der Waals surface area contributed by atoms with Crippen molar-refractivity contribution < 1.29 is 4.74 Å². The highest BCUT2D eigenvalue weighted by molar-refractivity contribution is 9.10. The van der Waals surface area contributed by atoms with E-state index in [-0.39, 0.29) is 6.04 Å². The van der Waals surface area contributed by atoms with Crippen molar-refractivity contribution in [2.75, 3.05) is 6.61 Å². The number of nitrogens with one attached hydrogen (secondary N) is 1. The molecular formula is C10H15BrN2OS. The Balaban J connectivity index is 2.00. The van der Waals surface area contributed by atoms with Crippen molar-refractivity contribution in [3.63, 3.8) is 0 Å². The van der Waals surface area contributed by atoms with E-state index in [4.69, 9.17) is 10.6 Å². The van der Waals surface area contributed by atoms with Gasteiger partial charge in [-0.3, -0.25) is 11.3 Å². The Morgan fingerprint density at radius 1 is 1.67 bits per heavy atom. The van der Waals surface area contributed by atoms with E-state index < -0.39 is 0 Å². The highest BCUT2D eigenvalue weighted by Crippen LogP contribution is 2.31. The molecule has 0 aliphatic carbocycles. The fourth-order valence-corrected chi connectivity index (χ4v) is 3.55. The number of hydrazine groups is 1. The largest absolute Gasteiger partial charge is 0.378 e. The van der Waals surface area contributed by atoms with E-state index >= 15 is 0 Å². The fraction of sp³-hybridized carbons (Fsp3) is 0.600. The number of rotatable bonds is 4. The maximum Gasteiger partial charge on any atom is 0.0594 e. The summed E-state index contributed by atoms with van der Waals surface area (Å²) in [4.78, 5) is 0. The molecule has 2 unspecified atom stereocenters. The zero-order chi connectivity index (χ0) is 10.7. The molecule has 5 heteroatoms. The Morgan fingerprint density at radius 3 is 3.07 bits per heavy atom. The molecule has 0 amide bonds. The normalized spacial score (nSPS) is 23.2. The van der Waals surface area contributed by atoms with Crippen LogP contribution >= 0.6 is 27.3 Å². The lowest BCUT2D eigenvalue weighted by Crippen LogP contribution is -2.30. The molecule has 0 aromatic carbocycles. The molecule has 3 nitrogen and oxygen atoms in total. The first-order valence-corrected chi connectivity index (χ1v) is 6.84. The molecule has 0 radical (unpaired) electrons. The molecule has 1 aromatic heterocycles. The van der Waals surface area contributed by atoms with Gasteiger partial charge in [-0.25, -0.2) is 0 Å². The molecule has 0 bridgehead atoms. The fourth-order valence-electron chi connectivity index (χ4n) is 1.92. The van der Waals surface area contributed by atoms with Gasteiger partial charge in [0, 0.05) is 16.5 Å². The molecule has 2 rings (SSSR count). The van der Waals surface area contributed by atoms with Crippen molar-refractivity contribution in [1.82, 2.24) is 5.43 Å². The van der Waals surface area contributed by atoms with Gasteiger partial charge in [0.2, 0.25) is 0 Å². The highest BCUT2D eigenvalue weighted by atomic mass is 79.9. The Bertz CT molecular complexity index is 312. The summed E-state index contributed by atoms with van der Waals surface area (Å²) in [6.45, 7) is 0.896. The SMILES string of the molecule is NNC(CC1CCCO1)c1cscc1Br. The average Bonchev–Trinajstić information content (AvgIpc) is 2.85. The lowest BCUT2D eigenvalue weighted by atomic mass is 10.0. The zero-order valence-corrected chi connectivity index (χ0v) is 10.8. The van der Waals surface area contributed by atoms with E-state index in [0.717, 1.165) is 23.9 Å². The van der Waals surface area contributed by atoms with Gasteiger partial charge in [-0.15, -0.1) is 0 Å². The van der Waals surface area contributed by atoms with Crippen LogP contribution in [0.5, 0.6) is 0 Å². The van der Waals surface area contributed by atoms with Crippen molar-refractivity contribution in [3.8, 4) is 0 Å². The first kappa shape index (κ1) is 11.5. The third-order valence-electron chi connectivity index (χ3n) is 2.74. The molecule has 2 atom stereocenters. The minimum absolute atomic E-state index is 0.189. The van der Waals surface area contributed by atoms with Crippen LogP contribution in [0.15, 0.2) is 15.2 Å². The Morgan fingerprint density at radius 2 is 2.53 bits per heavy atom. The Labute approximate surface area is 102 Å². The molecule has 84 valence electrons. The van der Waals surface area contributed by atoms with Gasteiger partial charge in [-0.05, 0) is 46.1 Å². The van der Waals surface area contributed by atoms with E-state index in [1.54, 1.807) is 11.3 Å². The first-order valence-electron chi connectivity index (χ1n) is 5.10. The molecule has 1 aliphatic rings. The minimum atomic E-state index is 0.189. The van der Waals surface area contributed by atoms with Gasteiger partial charge in [-0.2, -0.15) is 11.3 Å². The summed E-state index contributed by atoms with van der Waals surface area (Å²) in [6.07, 6.45) is 3.64. The molecule has 0 saturated carbocycles. The quantitative estimate of drug-likeness (QED) is 0.662. The van der Waals surface area contributed by atoms with E-state index in [0.29, 0.717) is 6.10 Å². The van der Waals surface area contributed by atoms with Crippen LogP contribution in [0.3, 0.4) is 0 Å². The van der Waals surface area contributed by atoms with Gasteiger partial charge in [0.05, 0.1) is 12.1 Å². The van der Waals surface area contributed by atoms with Gasteiger partial charge in [-0.1, -0.05) is 0 Å². The van der Waals surface area contributed by atoms with E-state index in [9.17, 15) is 0 Å². The van der Waals surface area contributed by atoms with Crippen LogP contribution < -0.4 is 11.3 Å². The van der Waals surface area contributed by atoms with Gasteiger partial charge in [0.1, 0.15) is 0 Å². The minimum Gasteiger partial charge on any atom is -0.378 e. The molecule has 0 spiro atoms. The predicted molar refractivity (Wildman–Crippen MR) is 65.7 cm³/mol. The van der Waals surface area contributed by atoms with Crippen LogP contribution in [0.4, 0.5) is 0 Å². The third kappa shape index (κ3) is 2.79. The predicted octanol–water partition coefficient (Wildman–Crippen LogP) is 2.58. The van der Waals surface area contributed by atoms with Crippen LogP contribution in [0.25, 0.3) is 0 Å². The van der Waals surface area contributed by atoms with E-state index in [2.05, 4.69) is 32.1 Å². The highest BCUT2D eigenvalue weighted by Gasteiger charge is 2.22. The summed E-state index contributed by atoms with van der Waals surface area (Å²) >= 11 is 5.22. The summed E-state index contributed by atoms with van der Waals surface area (Å²) < 4.78 is 6.75. The van der Waals surface area contributed by atoms with Crippen LogP contribution in [0.1, 0.15) is 30.9 Å². The average molecular weight is 291 g/mol. The second-order valence-corrected chi connectivity index (χ2v) is 5.36. The maximum absolute atomic E-state index is 5.62. The van der Waals surface area contributed by atoms with Crippen molar-refractivity contribution in [2.45, 2.75) is 31.4 Å². The second-order valence-electron chi connectivity index (χ2n) is 3.77. The summed E-state index contributed by atoms with van der Waals surface area (Å²) in [5, 5.41) is 4.21. The van der Waals surface area contributed by atoms with Crippen LogP contribution in [0.2, 0.25) is 0 Å². The number of hydrogen-bond donors (Lipinski definition) is 2. The van der Waals surface area contributed by atoms with Crippen LogP contribution in [-0.2, 0) is 4.74 Å². The molecule has 1 saturated heterocycles. The molecule has 1 fully saturated rings. The number of halogens is 1. The molecule has 1 aromatic rings. The van der Waals surface area contributed by atoms with Crippen molar-refractivity contribution in [2.24, 2.45) is 5.84 Å². The van der Waals surface area contributed by atoms with Crippen molar-refractivity contribution in [3.05, 3.63) is 20.8 Å². The number of thiophene rings is 1. The lowest BCUT2D eigenvalue weighted by Gasteiger charge is -2.19. The molecule has 2 heterocycles. The van der Waals surface area contributed by atoms with E-state index in [1.807, 2.05) is 0 Å². The number of nitrogens with two attached hydrogens (primary N) is 1. The number of ether oxygens (including phenoxy) is 1. The monoisotopic (exact) mass is 290 g/mol. The summed E-state index contributed by atoms with van der Waals surface area (Å²) in [7, 11) is 0. The Kier molecular flexibility index (Phi) is 4.16. The molecule has 15 heavy (non-hydrogen) atoms. The van der Waals surface area contributed by atoms with E-state index in [1.165, 1.54) is 12.0 Å². The summed E-state index contributed by atoms with van der Waals surface area (Å²) in [5.41, 5.74) is 4.10. The van der Waals surface area contributed by atoms with Gasteiger partial charge >= 0.3 is 0 Å². The maximum atomic E-state index is 5.62. The lowest BCUT2D eigenvalue weighted by molar-refractivity contribution is 0.0945. The van der Waals surface area contributed by atoms with Crippen LogP contribution in [-0.4, -0.2) is 12.7 Å².